The highest BCUT2D eigenvalue weighted by molar-refractivity contribution is 6.21. The molecule has 37 heavy (non-hydrogen) atoms. The summed E-state index contributed by atoms with van der Waals surface area (Å²) in [4.78, 5) is 65.3. The zero-order valence-corrected chi connectivity index (χ0v) is 19.5. The first-order chi connectivity index (χ1) is 17.8. The topological polar surface area (TPSA) is 136 Å². The van der Waals surface area contributed by atoms with Crippen LogP contribution in [0.2, 0.25) is 0 Å². The molecule has 2 aliphatic heterocycles. The summed E-state index contributed by atoms with van der Waals surface area (Å²) in [6, 6.07) is 19.8. The van der Waals surface area contributed by atoms with Gasteiger partial charge < -0.3 is 20.1 Å². The SMILES string of the molecule is NC(=O)C1CN(C(=O)COC(=O)c2ccc3c(c2)C(=O)N(Cc2ccccc2)C3=O)c2ccccc2O1. The van der Waals surface area contributed by atoms with Crippen LogP contribution in [0.5, 0.6) is 5.75 Å². The second-order valence-corrected chi connectivity index (χ2v) is 8.50. The molecule has 186 valence electrons. The largest absolute Gasteiger partial charge is 0.477 e. The quantitative estimate of drug-likeness (QED) is 0.404. The number of hydrogen-bond acceptors (Lipinski definition) is 7. The van der Waals surface area contributed by atoms with Crippen LogP contribution in [0, 0.1) is 0 Å². The fourth-order valence-electron chi connectivity index (χ4n) is 4.23. The average Bonchev–Trinajstić information content (AvgIpc) is 3.15. The molecule has 10 heteroatoms. The van der Waals surface area contributed by atoms with Gasteiger partial charge in [-0.15, -0.1) is 0 Å². The van der Waals surface area contributed by atoms with Gasteiger partial charge in [-0.3, -0.25) is 24.1 Å². The summed E-state index contributed by atoms with van der Waals surface area (Å²) in [5, 5.41) is 0. The molecular weight excluding hydrogens is 478 g/mol. The van der Waals surface area contributed by atoms with E-state index in [9.17, 15) is 24.0 Å². The number of primary amides is 1. The number of imide groups is 1. The summed E-state index contributed by atoms with van der Waals surface area (Å²) >= 11 is 0. The molecule has 0 bridgehead atoms. The van der Waals surface area contributed by atoms with Crippen molar-refractivity contribution < 1.29 is 33.4 Å². The molecule has 1 atom stereocenters. The van der Waals surface area contributed by atoms with E-state index in [1.807, 2.05) is 30.3 Å². The van der Waals surface area contributed by atoms with Crippen molar-refractivity contribution >= 4 is 35.3 Å². The van der Waals surface area contributed by atoms with E-state index >= 15 is 0 Å². The first-order valence-corrected chi connectivity index (χ1v) is 11.4. The predicted octanol–water partition coefficient (Wildman–Crippen LogP) is 1.92. The van der Waals surface area contributed by atoms with Gasteiger partial charge in [-0.2, -0.15) is 0 Å². The molecule has 0 spiro atoms. The highest BCUT2D eigenvalue weighted by atomic mass is 16.5. The van der Waals surface area contributed by atoms with Gasteiger partial charge in [0, 0.05) is 0 Å². The van der Waals surface area contributed by atoms with Crippen LogP contribution in [0.25, 0.3) is 0 Å². The molecule has 0 radical (unpaired) electrons. The molecule has 2 N–H and O–H groups in total. The minimum atomic E-state index is -1.05. The van der Waals surface area contributed by atoms with E-state index in [0.29, 0.717) is 11.4 Å². The second-order valence-electron chi connectivity index (χ2n) is 8.50. The average molecular weight is 499 g/mol. The lowest BCUT2D eigenvalue weighted by atomic mass is 10.1. The number of ether oxygens (including phenoxy) is 2. The number of para-hydroxylation sites is 2. The van der Waals surface area contributed by atoms with Gasteiger partial charge in [0.25, 0.3) is 23.6 Å². The molecular formula is C27H21N3O7. The lowest BCUT2D eigenvalue weighted by Gasteiger charge is -2.33. The summed E-state index contributed by atoms with van der Waals surface area (Å²) < 4.78 is 10.7. The maximum Gasteiger partial charge on any atom is 0.338 e. The summed E-state index contributed by atoms with van der Waals surface area (Å²) in [7, 11) is 0. The maximum absolute atomic E-state index is 12.9. The van der Waals surface area contributed by atoms with Gasteiger partial charge in [0.15, 0.2) is 12.7 Å². The fraction of sp³-hybridized carbons (Fsp3) is 0.148. The molecule has 0 saturated heterocycles. The molecule has 4 amide bonds. The molecule has 3 aromatic rings. The highest BCUT2D eigenvalue weighted by Crippen LogP contribution is 2.33. The van der Waals surface area contributed by atoms with Crippen LogP contribution in [0.3, 0.4) is 0 Å². The van der Waals surface area contributed by atoms with E-state index < -0.39 is 42.3 Å². The van der Waals surface area contributed by atoms with Crippen molar-refractivity contribution in [3.63, 3.8) is 0 Å². The van der Waals surface area contributed by atoms with Gasteiger partial charge in [0.05, 0.1) is 35.5 Å². The summed E-state index contributed by atoms with van der Waals surface area (Å²) in [6.07, 6.45) is -1.05. The zero-order valence-electron chi connectivity index (χ0n) is 19.5. The zero-order chi connectivity index (χ0) is 26.1. The summed E-state index contributed by atoms with van der Waals surface area (Å²) in [6.45, 7) is -0.646. The van der Waals surface area contributed by atoms with Crippen LogP contribution in [-0.4, -0.2) is 53.8 Å². The molecule has 0 aromatic heterocycles. The Bertz CT molecular complexity index is 1440. The number of nitrogens with zero attached hydrogens (tertiary/aromatic N) is 2. The number of esters is 1. The van der Waals surface area contributed by atoms with Crippen molar-refractivity contribution in [3.8, 4) is 5.75 Å². The van der Waals surface area contributed by atoms with Crippen LogP contribution in [-0.2, 0) is 20.9 Å². The van der Waals surface area contributed by atoms with E-state index in [-0.39, 0.29) is 29.8 Å². The number of hydrogen-bond donors (Lipinski definition) is 1. The van der Waals surface area contributed by atoms with Crippen LogP contribution in [0.1, 0.15) is 36.6 Å². The van der Waals surface area contributed by atoms with E-state index in [1.165, 1.54) is 23.1 Å². The smallest absolute Gasteiger partial charge is 0.338 e. The number of fused-ring (bicyclic) bond motifs is 2. The second kappa shape index (κ2) is 9.57. The number of benzene rings is 3. The first-order valence-electron chi connectivity index (χ1n) is 11.4. The van der Waals surface area contributed by atoms with Crippen LogP contribution in [0.4, 0.5) is 5.69 Å². The first kappa shape index (κ1) is 23.7. The number of amides is 4. The van der Waals surface area contributed by atoms with Gasteiger partial charge in [-0.25, -0.2) is 4.79 Å². The molecule has 10 nitrogen and oxygen atoms in total. The Labute approximate surface area is 211 Å². The predicted molar refractivity (Wildman–Crippen MR) is 130 cm³/mol. The lowest BCUT2D eigenvalue weighted by Crippen LogP contribution is -2.50. The van der Waals surface area contributed by atoms with E-state index in [2.05, 4.69) is 0 Å². The third-order valence-electron chi connectivity index (χ3n) is 6.11. The number of carbonyl (C=O) groups excluding carboxylic acids is 5. The molecule has 2 heterocycles. The number of carbonyl (C=O) groups is 5. The molecule has 0 aliphatic carbocycles. The Balaban J connectivity index is 1.28. The van der Waals surface area contributed by atoms with E-state index in [0.717, 1.165) is 10.5 Å². The van der Waals surface area contributed by atoms with Crippen molar-refractivity contribution in [2.24, 2.45) is 5.73 Å². The van der Waals surface area contributed by atoms with E-state index in [4.69, 9.17) is 15.2 Å². The lowest BCUT2D eigenvalue weighted by molar-refractivity contribution is -0.126. The van der Waals surface area contributed by atoms with Gasteiger partial charge in [-0.1, -0.05) is 42.5 Å². The third kappa shape index (κ3) is 4.52. The maximum atomic E-state index is 12.9. The Morgan fingerprint density at radius 2 is 1.62 bits per heavy atom. The van der Waals surface area contributed by atoms with Gasteiger partial charge in [-0.05, 0) is 35.9 Å². The third-order valence-corrected chi connectivity index (χ3v) is 6.11. The van der Waals surface area contributed by atoms with Crippen molar-refractivity contribution in [1.29, 1.82) is 0 Å². The standard InChI is InChI=1S/C27H21N3O7/c28-24(32)22-14-29(20-8-4-5-9-21(20)37-22)23(31)15-36-27(35)17-10-11-18-19(12-17)26(34)30(25(18)33)13-16-6-2-1-3-7-16/h1-12,22H,13-15H2,(H2,28,32). The normalized spacial score (nSPS) is 16.1. The Morgan fingerprint density at radius 3 is 2.38 bits per heavy atom. The van der Waals surface area contributed by atoms with Crippen molar-refractivity contribution in [2.45, 2.75) is 12.6 Å². The van der Waals surface area contributed by atoms with Crippen molar-refractivity contribution in [2.75, 3.05) is 18.1 Å². The van der Waals surface area contributed by atoms with Crippen LogP contribution in [0.15, 0.2) is 72.8 Å². The van der Waals surface area contributed by atoms with Gasteiger partial charge in [0.2, 0.25) is 0 Å². The van der Waals surface area contributed by atoms with Crippen LogP contribution >= 0.6 is 0 Å². The van der Waals surface area contributed by atoms with E-state index in [1.54, 1.807) is 24.3 Å². The van der Waals surface area contributed by atoms with Gasteiger partial charge in [0.1, 0.15) is 5.75 Å². The minimum absolute atomic E-state index is 0.0200. The molecule has 5 rings (SSSR count). The monoisotopic (exact) mass is 499 g/mol. The number of nitrogens with two attached hydrogens (primary N) is 1. The summed E-state index contributed by atoms with van der Waals surface area (Å²) in [5.74, 6) is -2.82. The fourth-order valence-corrected chi connectivity index (χ4v) is 4.23. The Morgan fingerprint density at radius 1 is 0.919 bits per heavy atom. The molecule has 0 saturated carbocycles. The number of rotatable bonds is 6. The summed E-state index contributed by atoms with van der Waals surface area (Å²) in [5.41, 5.74) is 6.87. The van der Waals surface area contributed by atoms with Crippen molar-refractivity contribution in [1.82, 2.24) is 4.90 Å². The Hall–Kier alpha value is -4.99. The molecule has 1 unspecified atom stereocenters. The highest BCUT2D eigenvalue weighted by Gasteiger charge is 2.36. The van der Waals surface area contributed by atoms with Crippen molar-refractivity contribution in [3.05, 3.63) is 95.1 Å². The van der Waals surface area contributed by atoms with Gasteiger partial charge >= 0.3 is 5.97 Å². The number of anilines is 1. The minimum Gasteiger partial charge on any atom is -0.477 e. The Kier molecular flexibility index (Phi) is 6.14. The molecule has 2 aliphatic rings. The molecule has 3 aromatic carbocycles. The molecule has 0 fully saturated rings. The van der Waals surface area contributed by atoms with Crippen LogP contribution < -0.4 is 15.4 Å².